The first-order valence-corrected chi connectivity index (χ1v) is 9.95. The summed E-state index contributed by atoms with van der Waals surface area (Å²) in [6.07, 6.45) is 0.592. The summed E-state index contributed by atoms with van der Waals surface area (Å²) in [6, 6.07) is 9.72. The van der Waals surface area contributed by atoms with E-state index in [-0.39, 0.29) is 24.7 Å². The van der Waals surface area contributed by atoms with Crippen LogP contribution in [-0.4, -0.2) is 30.2 Å². The van der Waals surface area contributed by atoms with Gasteiger partial charge in [0.05, 0.1) is 5.71 Å². The summed E-state index contributed by atoms with van der Waals surface area (Å²) in [5, 5.41) is 14.5. The second kappa shape index (κ2) is 9.01. The SMILES string of the molecule is CCc1cc2c(COC(=O)CO/N=C(/C)c3ccc4c(c3)OCO4)cc(=O)oc2cc1O. The van der Waals surface area contributed by atoms with Crippen LogP contribution in [0.15, 0.2) is 50.8 Å². The molecule has 0 unspecified atom stereocenters. The number of benzene rings is 2. The molecule has 1 aromatic heterocycles. The van der Waals surface area contributed by atoms with Crippen LogP contribution in [0.3, 0.4) is 0 Å². The van der Waals surface area contributed by atoms with Crippen LogP contribution in [-0.2, 0) is 27.4 Å². The summed E-state index contributed by atoms with van der Waals surface area (Å²) in [4.78, 5) is 29.0. The maximum Gasteiger partial charge on any atom is 0.347 e. The largest absolute Gasteiger partial charge is 0.508 e. The Morgan fingerprint density at radius 1 is 1.12 bits per heavy atom. The van der Waals surface area contributed by atoms with E-state index in [1.165, 1.54) is 12.1 Å². The van der Waals surface area contributed by atoms with Crippen molar-refractivity contribution in [2.24, 2.45) is 5.16 Å². The van der Waals surface area contributed by atoms with E-state index < -0.39 is 18.2 Å². The fourth-order valence-electron chi connectivity index (χ4n) is 3.27. The molecule has 0 atom stereocenters. The Morgan fingerprint density at radius 3 is 2.75 bits per heavy atom. The van der Waals surface area contributed by atoms with Gasteiger partial charge in [-0.25, -0.2) is 9.59 Å². The molecule has 2 aromatic carbocycles. The van der Waals surface area contributed by atoms with Gasteiger partial charge in [0.2, 0.25) is 13.4 Å². The van der Waals surface area contributed by atoms with Gasteiger partial charge in [-0.05, 0) is 43.2 Å². The highest BCUT2D eigenvalue weighted by Crippen LogP contribution is 2.32. The van der Waals surface area contributed by atoms with Crippen LogP contribution in [0.2, 0.25) is 0 Å². The Bertz CT molecular complexity index is 1260. The predicted octanol–water partition coefficient (Wildman–Crippen LogP) is 3.27. The van der Waals surface area contributed by atoms with Gasteiger partial charge in [0, 0.05) is 28.6 Å². The molecule has 0 bridgehead atoms. The van der Waals surface area contributed by atoms with E-state index >= 15 is 0 Å². The maximum atomic E-state index is 12.1. The van der Waals surface area contributed by atoms with Gasteiger partial charge in [-0.1, -0.05) is 12.1 Å². The van der Waals surface area contributed by atoms with Crippen molar-refractivity contribution in [2.45, 2.75) is 26.9 Å². The molecule has 0 spiro atoms. The number of aryl methyl sites for hydroxylation is 1. The van der Waals surface area contributed by atoms with Crippen LogP contribution in [0.25, 0.3) is 11.0 Å². The smallest absolute Gasteiger partial charge is 0.347 e. The number of fused-ring (bicyclic) bond motifs is 2. The lowest BCUT2D eigenvalue weighted by Gasteiger charge is -2.09. The maximum absolute atomic E-state index is 12.1. The zero-order valence-corrected chi connectivity index (χ0v) is 17.5. The molecule has 0 fully saturated rings. The van der Waals surface area contributed by atoms with Gasteiger partial charge in [-0.2, -0.15) is 0 Å². The molecule has 0 aliphatic carbocycles. The third-order valence-corrected chi connectivity index (χ3v) is 4.97. The number of oxime groups is 1. The Balaban J connectivity index is 1.38. The Hall–Kier alpha value is -4.01. The molecule has 1 N–H and O–H groups in total. The van der Waals surface area contributed by atoms with Crippen molar-refractivity contribution in [3.05, 3.63) is 63.5 Å². The number of esters is 1. The number of phenolic OH excluding ortho intramolecular Hbond substituents is 1. The van der Waals surface area contributed by atoms with Crippen LogP contribution in [0, 0.1) is 0 Å². The van der Waals surface area contributed by atoms with Gasteiger partial charge in [0.1, 0.15) is 17.9 Å². The average Bonchev–Trinajstić information content (AvgIpc) is 3.24. The van der Waals surface area contributed by atoms with Crippen LogP contribution in [0.4, 0.5) is 0 Å². The van der Waals surface area contributed by atoms with Crippen LogP contribution in [0.1, 0.15) is 30.5 Å². The number of rotatable bonds is 7. The van der Waals surface area contributed by atoms with E-state index in [9.17, 15) is 14.7 Å². The first kappa shape index (κ1) is 21.2. The Morgan fingerprint density at radius 2 is 1.94 bits per heavy atom. The summed E-state index contributed by atoms with van der Waals surface area (Å²) in [5.74, 6) is 0.676. The van der Waals surface area contributed by atoms with Gasteiger partial charge in [0.25, 0.3) is 0 Å². The van der Waals surface area contributed by atoms with Crippen molar-refractivity contribution in [1.82, 2.24) is 0 Å². The molecule has 0 saturated heterocycles. The monoisotopic (exact) mass is 439 g/mol. The van der Waals surface area contributed by atoms with Crippen LogP contribution in [0.5, 0.6) is 17.2 Å². The lowest BCUT2D eigenvalue weighted by Crippen LogP contribution is -2.12. The molecule has 9 nitrogen and oxygen atoms in total. The summed E-state index contributed by atoms with van der Waals surface area (Å²) >= 11 is 0. The topological polar surface area (TPSA) is 117 Å². The zero-order chi connectivity index (χ0) is 22.7. The van der Waals surface area contributed by atoms with Gasteiger partial charge >= 0.3 is 11.6 Å². The molecule has 9 heteroatoms. The second-order valence-electron chi connectivity index (χ2n) is 7.10. The van der Waals surface area contributed by atoms with Gasteiger partial charge in [-0.3, -0.25) is 0 Å². The van der Waals surface area contributed by atoms with Gasteiger partial charge in [-0.15, -0.1) is 0 Å². The van der Waals surface area contributed by atoms with E-state index in [0.717, 1.165) is 5.56 Å². The van der Waals surface area contributed by atoms with Crippen molar-refractivity contribution in [1.29, 1.82) is 0 Å². The summed E-state index contributed by atoms with van der Waals surface area (Å²) in [5.41, 5.74) is 2.09. The summed E-state index contributed by atoms with van der Waals surface area (Å²) in [6.45, 7) is 3.25. The number of carbonyl (C=O) groups is 1. The second-order valence-corrected chi connectivity index (χ2v) is 7.10. The van der Waals surface area contributed by atoms with E-state index in [1.54, 1.807) is 25.1 Å². The van der Waals surface area contributed by atoms with Crippen molar-refractivity contribution in [3.63, 3.8) is 0 Å². The molecular formula is C23H21NO8. The molecule has 166 valence electrons. The quantitative estimate of drug-likeness (QED) is 0.258. The van der Waals surface area contributed by atoms with Crippen LogP contribution < -0.4 is 15.1 Å². The Kier molecular flexibility index (Phi) is 5.98. The van der Waals surface area contributed by atoms with E-state index in [0.29, 0.717) is 40.1 Å². The lowest BCUT2D eigenvalue weighted by atomic mass is 10.0. The molecule has 0 amide bonds. The van der Waals surface area contributed by atoms with E-state index in [4.69, 9.17) is 23.5 Å². The number of nitrogens with zero attached hydrogens (tertiary/aromatic N) is 1. The number of hydrogen-bond donors (Lipinski definition) is 1. The molecule has 4 rings (SSSR count). The molecule has 1 aliphatic rings. The summed E-state index contributed by atoms with van der Waals surface area (Å²) in [7, 11) is 0. The predicted molar refractivity (Wildman–Crippen MR) is 114 cm³/mol. The van der Waals surface area contributed by atoms with Crippen molar-refractivity contribution >= 4 is 22.7 Å². The highest BCUT2D eigenvalue weighted by molar-refractivity contribution is 5.99. The fourth-order valence-corrected chi connectivity index (χ4v) is 3.27. The molecule has 0 radical (unpaired) electrons. The molecule has 32 heavy (non-hydrogen) atoms. The van der Waals surface area contributed by atoms with Crippen molar-refractivity contribution in [3.8, 4) is 17.2 Å². The molecule has 1 aliphatic heterocycles. The average molecular weight is 439 g/mol. The standard InChI is InChI=1S/C23H21NO8/c1-3-14-6-17-16(8-22(26)32-20(17)9-18(14)25)10-28-23(27)11-31-24-13(2)15-4-5-19-21(7-15)30-12-29-19/h4-9,25H,3,10-12H2,1-2H3/b24-13-. The highest BCUT2D eigenvalue weighted by atomic mass is 16.7. The van der Waals surface area contributed by atoms with Crippen molar-refractivity contribution in [2.75, 3.05) is 13.4 Å². The third-order valence-electron chi connectivity index (χ3n) is 4.97. The van der Waals surface area contributed by atoms with Crippen molar-refractivity contribution < 1.29 is 33.4 Å². The van der Waals surface area contributed by atoms with Crippen LogP contribution >= 0.6 is 0 Å². The third kappa shape index (κ3) is 4.51. The Labute approximate surface area is 182 Å². The van der Waals surface area contributed by atoms with E-state index in [1.807, 2.05) is 13.0 Å². The highest BCUT2D eigenvalue weighted by Gasteiger charge is 2.15. The minimum Gasteiger partial charge on any atom is -0.508 e. The molecule has 2 heterocycles. The van der Waals surface area contributed by atoms with Gasteiger partial charge in [0.15, 0.2) is 11.5 Å². The summed E-state index contributed by atoms with van der Waals surface area (Å²) < 4.78 is 21.0. The molecular weight excluding hydrogens is 418 g/mol. The first-order chi connectivity index (χ1) is 15.4. The minimum atomic E-state index is -0.650. The minimum absolute atomic E-state index is 0.0429. The number of hydrogen-bond acceptors (Lipinski definition) is 9. The number of carbonyl (C=O) groups excluding carboxylic acids is 1. The first-order valence-electron chi connectivity index (χ1n) is 9.95. The number of aromatic hydroxyl groups is 1. The fraction of sp³-hybridized carbons (Fsp3) is 0.261. The number of phenols is 1. The van der Waals surface area contributed by atoms with Gasteiger partial charge < -0.3 is 28.6 Å². The number of ether oxygens (including phenoxy) is 3. The zero-order valence-electron chi connectivity index (χ0n) is 17.5. The lowest BCUT2D eigenvalue weighted by molar-refractivity contribution is -0.150. The molecule has 3 aromatic rings. The molecule has 0 saturated carbocycles. The van der Waals surface area contributed by atoms with E-state index in [2.05, 4.69) is 5.16 Å². The normalized spacial score (nSPS) is 12.8.